The van der Waals surface area contributed by atoms with Crippen molar-refractivity contribution in [3.05, 3.63) is 69.8 Å². The molecule has 0 atom stereocenters. The lowest BCUT2D eigenvalue weighted by molar-refractivity contribution is 1.14. The van der Waals surface area contributed by atoms with E-state index >= 15 is 0 Å². The summed E-state index contributed by atoms with van der Waals surface area (Å²) in [6.07, 6.45) is 2.22. The van der Waals surface area contributed by atoms with Gasteiger partial charge in [-0.05, 0) is 47.2 Å². The number of aromatic nitrogens is 3. The maximum absolute atomic E-state index is 6.02. The van der Waals surface area contributed by atoms with E-state index in [1.807, 2.05) is 18.2 Å². The average Bonchev–Trinajstić information content (AvgIpc) is 3.09. The van der Waals surface area contributed by atoms with Gasteiger partial charge in [0.25, 0.3) is 0 Å². The molecule has 4 nitrogen and oxygen atoms in total. The molecule has 0 aliphatic carbocycles. The summed E-state index contributed by atoms with van der Waals surface area (Å²) < 4.78 is 1.06. The Morgan fingerprint density at radius 2 is 2.00 bits per heavy atom. The van der Waals surface area contributed by atoms with Gasteiger partial charge in [-0.1, -0.05) is 34.1 Å². The van der Waals surface area contributed by atoms with Gasteiger partial charge in [-0.3, -0.25) is 0 Å². The monoisotopic (exact) mass is 396 g/mol. The first kappa shape index (κ1) is 15.2. The molecular formula is C18H13BrN4S. The maximum atomic E-state index is 6.02. The average molecular weight is 397 g/mol. The van der Waals surface area contributed by atoms with Crippen molar-refractivity contribution in [2.45, 2.75) is 6.42 Å². The zero-order chi connectivity index (χ0) is 16.5. The molecule has 0 aliphatic rings. The standard InChI is InChI=1S/C18H13BrN4S/c19-13-4-1-3-11(8-13)7-12-9-14-17(20)21-10-22-18(14)23-16(12)15-5-2-6-24-15/h1-6,8-10H,7H2,(H2,20,21,22,23). The molecule has 24 heavy (non-hydrogen) atoms. The fraction of sp³-hybridized carbons (Fsp3) is 0.0556. The van der Waals surface area contributed by atoms with Crippen molar-refractivity contribution < 1.29 is 0 Å². The third-order valence-corrected chi connectivity index (χ3v) is 5.14. The predicted octanol–water partition coefficient (Wildman–Crippen LogP) is 4.69. The van der Waals surface area contributed by atoms with E-state index in [0.717, 1.165) is 32.4 Å². The lowest BCUT2D eigenvalue weighted by atomic mass is 10.0. The molecule has 0 saturated carbocycles. The zero-order valence-electron chi connectivity index (χ0n) is 12.6. The maximum Gasteiger partial charge on any atom is 0.165 e. The summed E-state index contributed by atoms with van der Waals surface area (Å²) in [6.45, 7) is 0. The highest BCUT2D eigenvalue weighted by Crippen LogP contribution is 2.31. The molecule has 4 aromatic rings. The molecular weight excluding hydrogens is 384 g/mol. The Morgan fingerprint density at radius 3 is 2.79 bits per heavy atom. The summed E-state index contributed by atoms with van der Waals surface area (Å²) in [7, 11) is 0. The Bertz CT molecular complexity index is 1010. The van der Waals surface area contributed by atoms with E-state index in [0.29, 0.717) is 11.5 Å². The molecule has 0 radical (unpaired) electrons. The van der Waals surface area contributed by atoms with E-state index in [1.54, 1.807) is 11.3 Å². The lowest BCUT2D eigenvalue weighted by Gasteiger charge is -2.10. The van der Waals surface area contributed by atoms with E-state index in [-0.39, 0.29) is 0 Å². The van der Waals surface area contributed by atoms with Crippen molar-refractivity contribution in [2.24, 2.45) is 0 Å². The summed E-state index contributed by atoms with van der Waals surface area (Å²) in [5.41, 5.74) is 9.92. The van der Waals surface area contributed by atoms with Crippen LogP contribution < -0.4 is 5.73 Å². The van der Waals surface area contributed by atoms with Crippen LogP contribution in [0.3, 0.4) is 0 Å². The highest BCUT2D eigenvalue weighted by molar-refractivity contribution is 9.10. The number of anilines is 1. The van der Waals surface area contributed by atoms with Crippen molar-refractivity contribution >= 4 is 44.1 Å². The molecule has 3 heterocycles. The number of halogens is 1. The van der Waals surface area contributed by atoms with Crippen molar-refractivity contribution in [3.63, 3.8) is 0 Å². The van der Waals surface area contributed by atoms with Gasteiger partial charge in [0.15, 0.2) is 5.65 Å². The number of nitrogen functional groups attached to an aromatic ring is 1. The van der Waals surface area contributed by atoms with Crippen LogP contribution in [-0.2, 0) is 6.42 Å². The van der Waals surface area contributed by atoms with Crippen molar-refractivity contribution in [3.8, 4) is 10.6 Å². The Labute approximate surface area is 151 Å². The highest BCUT2D eigenvalue weighted by Gasteiger charge is 2.13. The van der Waals surface area contributed by atoms with E-state index in [4.69, 9.17) is 10.7 Å². The van der Waals surface area contributed by atoms with Gasteiger partial charge in [-0.15, -0.1) is 11.3 Å². The van der Waals surface area contributed by atoms with Gasteiger partial charge in [0, 0.05) is 4.47 Å². The molecule has 0 spiro atoms. The van der Waals surface area contributed by atoms with Gasteiger partial charge >= 0.3 is 0 Å². The Kier molecular flexibility index (Phi) is 4.00. The third-order valence-electron chi connectivity index (χ3n) is 3.77. The largest absolute Gasteiger partial charge is 0.383 e. The minimum atomic E-state index is 0.459. The van der Waals surface area contributed by atoms with Gasteiger partial charge in [0.05, 0.1) is 16.0 Å². The number of thiophene rings is 1. The SMILES string of the molecule is Nc1ncnc2nc(-c3cccs3)c(Cc3cccc(Br)c3)cc12. The molecule has 0 amide bonds. The summed E-state index contributed by atoms with van der Waals surface area (Å²) >= 11 is 5.20. The fourth-order valence-electron chi connectivity index (χ4n) is 2.68. The molecule has 6 heteroatoms. The van der Waals surface area contributed by atoms with Crippen LogP contribution in [0.15, 0.2) is 58.6 Å². The molecule has 1 aromatic carbocycles. The van der Waals surface area contributed by atoms with Crippen LogP contribution >= 0.6 is 27.3 Å². The van der Waals surface area contributed by atoms with Crippen molar-refractivity contribution in [1.29, 1.82) is 0 Å². The van der Waals surface area contributed by atoms with E-state index in [1.165, 1.54) is 11.9 Å². The second-order valence-corrected chi connectivity index (χ2v) is 7.27. The normalized spacial score (nSPS) is 11.0. The molecule has 4 rings (SSSR count). The van der Waals surface area contributed by atoms with Gasteiger partial charge < -0.3 is 5.73 Å². The highest BCUT2D eigenvalue weighted by atomic mass is 79.9. The summed E-state index contributed by atoms with van der Waals surface area (Å²) in [6, 6.07) is 14.5. The minimum Gasteiger partial charge on any atom is -0.383 e. The fourth-order valence-corrected chi connectivity index (χ4v) is 3.87. The second-order valence-electron chi connectivity index (χ2n) is 5.41. The van der Waals surface area contributed by atoms with Crippen LogP contribution in [0.4, 0.5) is 5.82 Å². The van der Waals surface area contributed by atoms with Crippen LogP contribution in [0.5, 0.6) is 0 Å². The molecule has 0 fully saturated rings. The number of hydrogen-bond acceptors (Lipinski definition) is 5. The first-order valence-corrected chi connectivity index (χ1v) is 9.06. The van der Waals surface area contributed by atoms with Crippen LogP contribution in [0, 0.1) is 0 Å². The van der Waals surface area contributed by atoms with Crippen LogP contribution in [0.25, 0.3) is 21.6 Å². The minimum absolute atomic E-state index is 0.459. The second kappa shape index (κ2) is 6.30. The summed E-state index contributed by atoms with van der Waals surface area (Å²) in [5, 5.41) is 2.85. The number of nitrogens with two attached hydrogens (primary N) is 1. The molecule has 2 N–H and O–H groups in total. The van der Waals surface area contributed by atoms with E-state index < -0.39 is 0 Å². The predicted molar refractivity (Wildman–Crippen MR) is 102 cm³/mol. The number of rotatable bonds is 3. The van der Waals surface area contributed by atoms with Gasteiger partial charge in [-0.25, -0.2) is 15.0 Å². The molecule has 3 aromatic heterocycles. The van der Waals surface area contributed by atoms with Crippen molar-refractivity contribution in [1.82, 2.24) is 15.0 Å². The lowest BCUT2D eigenvalue weighted by Crippen LogP contribution is -2.00. The zero-order valence-corrected chi connectivity index (χ0v) is 15.0. The number of hydrogen-bond donors (Lipinski definition) is 1. The topological polar surface area (TPSA) is 64.7 Å². The molecule has 0 saturated heterocycles. The van der Waals surface area contributed by atoms with Crippen LogP contribution in [0.1, 0.15) is 11.1 Å². The summed E-state index contributed by atoms with van der Waals surface area (Å²) in [4.78, 5) is 14.2. The Balaban J connectivity index is 1.91. The Hall–Kier alpha value is -2.31. The van der Waals surface area contributed by atoms with Gasteiger partial charge in [-0.2, -0.15) is 0 Å². The van der Waals surface area contributed by atoms with Crippen LogP contribution in [0.2, 0.25) is 0 Å². The summed E-state index contributed by atoms with van der Waals surface area (Å²) in [5.74, 6) is 0.459. The number of pyridine rings is 1. The number of benzene rings is 1. The number of nitrogens with zero attached hydrogens (tertiary/aromatic N) is 3. The van der Waals surface area contributed by atoms with Gasteiger partial charge in [0.1, 0.15) is 12.1 Å². The third kappa shape index (κ3) is 2.90. The van der Waals surface area contributed by atoms with E-state index in [9.17, 15) is 0 Å². The smallest absolute Gasteiger partial charge is 0.165 e. The van der Waals surface area contributed by atoms with E-state index in [2.05, 4.69) is 55.5 Å². The molecule has 118 valence electrons. The molecule has 0 unspecified atom stereocenters. The molecule has 0 aliphatic heterocycles. The molecule has 0 bridgehead atoms. The van der Waals surface area contributed by atoms with Gasteiger partial charge in [0.2, 0.25) is 0 Å². The van der Waals surface area contributed by atoms with Crippen LogP contribution in [-0.4, -0.2) is 15.0 Å². The Morgan fingerprint density at radius 1 is 1.08 bits per heavy atom. The quantitative estimate of drug-likeness (QED) is 0.545. The van der Waals surface area contributed by atoms with Crippen molar-refractivity contribution in [2.75, 3.05) is 5.73 Å². The number of fused-ring (bicyclic) bond motifs is 1. The first-order valence-electron chi connectivity index (χ1n) is 7.39. The first-order chi connectivity index (χ1) is 11.7.